The minimum absolute atomic E-state index is 0. The van der Waals surface area contributed by atoms with Crippen molar-refractivity contribution in [2.75, 3.05) is 19.7 Å². The van der Waals surface area contributed by atoms with E-state index < -0.39 is 17.5 Å². The summed E-state index contributed by atoms with van der Waals surface area (Å²) in [6.45, 7) is 1.17. The van der Waals surface area contributed by atoms with Crippen molar-refractivity contribution in [2.24, 2.45) is 5.73 Å². The van der Waals surface area contributed by atoms with Crippen molar-refractivity contribution >= 4 is 41.5 Å². The highest BCUT2D eigenvalue weighted by molar-refractivity contribution is 6.35. The molecule has 1 atom stereocenters. The molecule has 2 N–H and O–H groups in total. The summed E-state index contributed by atoms with van der Waals surface area (Å²) in [6, 6.07) is 2.64. The van der Waals surface area contributed by atoms with E-state index >= 15 is 0 Å². The van der Waals surface area contributed by atoms with Crippen LogP contribution in [0.25, 0.3) is 0 Å². The van der Waals surface area contributed by atoms with Crippen LogP contribution in [0.3, 0.4) is 0 Å². The third-order valence-corrected chi connectivity index (χ3v) is 5.28. The molecular weight excluding hydrogens is 378 g/mol. The summed E-state index contributed by atoms with van der Waals surface area (Å²) in [5, 5.41) is 0.299. The molecule has 1 aromatic rings. The quantitative estimate of drug-likeness (QED) is 0.774. The lowest BCUT2D eigenvalue weighted by Crippen LogP contribution is -2.56. The fraction of sp³-hybridized carbons (Fsp3) is 0.562. The van der Waals surface area contributed by atoms with Crippen LogP contribution >= 0.6 is 35.6 Å². The fourth-order valence-electron chi connectivity index (χ4n) is 3.34. The van der Waals surface area contributed by atoms with Crippen molar-refractivity contribution in [1.29, 1.82) is 0 Å². The molecule has 1 heterocycles. The summed E-state index contributed by atoms with van der Waals surface area (Å²) in [6.07, 6.45) is 2.90. The van der Waals surface area contributed by atoms with Gasteiger partial charge in [0.25, 0.3) is 0 Å². The normalized spacial score (nSPS) is 23.0. The molecule has 2 aliphatic rings. The van der Waals surface area contributed by atoms with Gasteiger partial charge in [-0.25, -0.2) is 4.39 Å². The SMILES string of the molecule is Cl.NC1(C(=O)N2CCOC(c3cc(F)c(Cl)cc3Cl)C2)CCCC1. The standard InChI is InChI=1S/C16H19Cl2FN2O2.ClH/c17-11-8-12(18)13(19)7-10(11)14-9-21(5-6-23-14)15(22)16(20)3-1-2-4-16;/h7-8,14H,1-6,9,20H2;1H. The highest BCUT2D eigenvalue weighted by Gasteiger charge is 2.41. The maximum atomic E-state index is 13.7. The predicted octanol–water partition coefficient (Wildman–Crippen LogP) is 3.73. The van der Waals surface area contributed by atoms with Crippen molar-refractivity contribution in [3.05, 3.63) is 33.6 Å². The third-order valence-electron chi connectivity index (χ3n) is 4.66. The van der Waals surface area contributed by atoms with Crippen LogP contribution in [-0.4, -0.2) is 36.0 Å². The van der Waals surface area contributed by atoms with Crippen molar-refractivity contribution in [2.45, 2.75) is 37.3 Å². The number of halogens is 4. The summed E-state index contributed by atoms with van der Waals surface area (Å²) in [5.74, 6) is -0.599. The van der Waals surface area contributed by atoms with E-state index in [4.69, 9.17) is 33.7 Å². The number of benzene rings is 1. The zero-order chi connectivity index (χ0) is 16.6. The number of morpholine rings is 1. The number of hydrogen-bond donors (Lipinski definition) is 1. The zero-order valence-corrected chi connectivity index (χ0v) is 15.4. The van der Waals surface area contributed by atoms with E-state index in [1.54, 1.807) is 4.90 Å². The van der Waals surface area contributed by atoms with Gasteiger partial charge in [-0.3, -0.25) is 4.79 Å². The molecule has 3 rings (SSSR count). The molecule has 0 bridgehead atoms. The summed E-state index contributed by atoms with van der Waals surface area (Å²) in [4.78, 5) is 14.4. The number of amides is 1. The van der Waals surface area contributed by atoms with Crippen LogP contribution in [0.4, 0.5) is 4.39 Å². The van der Waals surface area contributed by atoms with Crippen LogP contribution < -0.4 is 5.73 Å². The Morgan fingerprint density at radius 1 is 1.29 bits per heavy atom. The molecule has 0 spiro atoms. The second kappa shape index (κ2) is 7.75. The van der Waals surface area contributed by atoms with Gasteiger partial charge in [-0.15, -0.1) is 12.4 Å². The van der Waals surface area contributed by atoms with E-state index in [0.717, 1.165) is 12.8 Å². The smallest absolute Gasteiger partial charge is 0.242 e. The number of nitrogens with zero attached hydrogens (tertiary/aromatic N) is 1. The minimum Gasteiger partial charge on any atom is -0.370 e. The number of ether oxygens (including phenoxy) is 1. The predicted molar refractivity (Wildman–Crippen MR) is 94.3 cm³/mol. The molecule has 2 fully saturated rings. The molecule has 4 nitrogen and oxygen atoms in total. The summed E-state index contributed by atoms with van der Waals surface area (Å²) >= 11 is 11.9. The monoisotopic (exact) mass is 396 g/mol. The lowest BCUT2D eigenvalue weighted by atomic mass is 9.96. The van der Waals surface area contributed by atoms with Gasteiger partial charge in [-0.05, 0) is 25.0 Å². The van der Waals surface area contributed by atoms with E-state index in [1.807, 2.05) is 0 Å². The Balaban J connectivity index is 0.00000208. The Morgan fingerprint density at radius 3 is 2.62 bits per heavy atom. The molecule has 8 heteroatoms. The molecule has 1 aliphatic carbocycles. The van der Waals surface area contributed by atoms with E-state index in [2.05, 4.69) is 0 Å². The van der Waals surface area contributed by atoms with E-state index in [9.17, 15) is 9.18 Å². The Kier molecular flexibility index (Phi) is 6.37. The van der Waals surface area contributed by atoms with Gasteiger partial charge in [0, 0.05) is 17.1 Å². The maximum Gasteiger partial charge on any atom is 0.242 e. The van der Waals surface area contributed by atoms with Gasteiger partial charge in [0.2, 0.25) is 5.91 Å². The van der Waals surface area contributed by atoms with E-state index in [0.29, 0.717) is 43.1 Å². The molecule has 1 amide bonds. The third kappa shape index (κ3) is 3.81. The topological polar surface area (TPSA) is 55.6 Å². The van der Waals surface area contributed by atoms with Crippen LogP contribution in [0, 0.1) is 5.82 Å². The van der Waals surface area contributed by atoms with Crippen molar-refractivity contribution in [3.63, 3.8) is 0 Å². The van der Waals surface area contributed by atoms with Gasteiger partial charge in [0.05, 0.1) is 23.7 Å². The van der Waals surface area contributed by atoms with Gasteiger partial charge in [-0.1, -0.05) is 36.0 Å². The molecule has 0 aromatic heterocycles. The molecule has 1 unspecified atom stereocenters. The average molecular weight is 398 g/mol. The summed E-state index contributed by atoms with van der Waals surface area (Å²) in [7, 11) is 0. The largest absolute Gasteiger partial charge is 0.370 e. The first-order valence-corrected chi connectivity index (χ1v) is 8.50. The summed E-state index contributed by atoms with van der Waals surface area (Å²) < 4.78 is 19.4. The van der Waals surface area contributed by atoms with Crippen molar-refractivity contribution in [1.82, 2.24) is 4.90 Å². The molecule has 134 valence electrons. The van der Waals surface area contributed by atoms with Crippen LogP contribution in [-0.2, 0) is 9.53 Å². The molecule has 24 heavy (non-hydrogen) atoms. The fourth-order valence-corrected chi connectivity index (χ4v) is 3.85. The molecule has 1 aliphatic heterocycles. The first-order valence-electron chi connectivity index (χ1n) is 7.75. The average Bonchev–Trinajstić information content (AvgIpc) is 2.98. The van der Waals surface area contributed by atoms with Crippen molar-refractivity contribution in [3.8, 4) is 0 Å². The second-order valence-electron chi connectivity index (χ2n) is 6.26. The minimum atomic E-state index is -0.767. The Hall–Kier alpha value is -0.590. The van der Waals surface area contributed by atoms with Gasteiger partial charge in [-0.2, -0.15) is 0 Å². The van der Waals surface area contributed by atoms with Crippen LogP contribution in [0.5, 0.6) is 0 Å². The van der Waals surface area contributed by atoms with Crippen LogP contribution in [0.15, 0.2) is 12.1 Å². The van der Waals surface area contributed by atoms with Crippen LogP contribution in [0.2, 0.25) is 10.0 Å². The zero-order valence-electron chi connectivity index (χ0n) is 13.1. The first-order chi connectivity index (χ1) is 10.9. The molecule has 1 saturated carbocycles. The Labute approximate surface area is 156 Å². The number of carbonyl (C=O) groups excluding carboxylic acids is 1. The van der Waals surface area contributed by atoms with Crippen molar-refractivity contribution < 1.29 is 13.9 Å². The van der Waals surface area contributed by atoms with Crippen LogP contribution in [0.1, 0.15) is 37.4 Å². The number of nitrogens with two attached hydrogens (primary N) is 1. The molecule has 1 aromatic carbocycles. The molecule has 1 saturated heterocycles. The van der Waals surface area contributed by atoms with E-state index in [1.165, 1.54) is 12.1 Å². The Bertz CT molecular complexity index is 624. The molecular formula is C16H20Cl3FN2O2. The van der Waals surface area contributed by atoms with Gasteiger partial charge >= 0.3 is 0 Å². The number of hydrogen-bond acceptors (Lipinski definition) is 3. The first kappa shape index (κ1) is 19.7. The van der Waals surface area contributed by atoms with E-state index in [-0.39, 0.29) is 23.3 Å². The number of rotatable bonds is 2. The highest BCUT2D eigenvalue weighted by atomic mass is 35.5. The maximum absolute atomic E-state index is 13.7. The second-order valence-corrected chi connectivity index (χ2v) is 7.08. The summed E-state index contributed by atoms with van der Waals surface area (Å²) in [5.41, 5.74) is 5.99. The van der Waals surface area contributed by atoms with Gasteiger partial charge in [0.15, 0.2) is 0 Å². The highest BCUT2D eigenvalue weighted by Crippen LogP contribution is 2.34. The lowest BCUT2D eigenvalue weighted by Gasteiger charge is -2.37. The number of carbonyl (C=O) groups is 1. The molecule has 0 radical (unpaired) electrons. The van der Waals surface area contributed by atoms with Gasteiger partial charge < -0.3 is 15.4 Å². The Morgan fingerprint density at radius 2 is 1.96 bits per heavy atom. The van der Waals surface area contributed by atoms with Gasteiger partial charge in [0.1, 0.15) is 11.9 Å². The lowest BCUT2D eigenvalue weighted by molar-refractivity contribution is -0.144.